The van der Waals surface area contributed by atoms with Crippen molar-refractivity contribution in [1.29, 1.82) is 0 Å². The van der Waals surface area contributed by atoms with Gasteiger partial charge in [-0.25, -0.2) is 9.67 Å². The van der Waals surface area contributed by atoms with Gasteiger partial charge in [0.05, 0.1) is 38.4 Å². The Balaban J connectivity index is 1.37. The van der Waals surface area contributed by atoms with E-state index in [-0.39, 0.29) is 11.8 Å². The number of nitrogens with zero attached hydrogens (tertiary/aromatic N) is 4. The average molecular weight is 363 g/mol. The third kappa shape index (κ3) is 3.58. The van der Waals surface area contributed by atoms with Gasteiger partial charge in [0, 0.05) is 31.5 Å². The second-order valence-electron chi connectivity index (χ2n) is 6.89. The van der Waals surface area contributed by atoms with E-state index in [0.29, 0.717) is 23.7 Å². The van der Waals surface area contributed by atoms with Gasteiger partial charge in [0.1, 0.15) is 11.7 Å². The fraction of sp³-hybridized carbons (Fsp3) is 0.625. The Morgan fingerprint density at radius 1 is 1.56 bits per heavy atom. The van der Waals surface area contributed by atoms with Gasteiger partial charge in [0.2, 0.25) is 5.91 Å². The molecule has 2 aromatic rings. The van der Waals surface area contributed by atoms with E-state index in [1.165, 1.54) is 16.2 Å². The molecule has 25 heavy (non-hydrogen) atoms. The molecule has 0 saturated carbocycles. The Morgan fingerprint density at radius 3 is 3.20 bits per heavy atom. The number of rotatable bonds is 6. The molecule has 3 saturated heterocycles. The highest BCUT2D eigenvalue weighted by molar-refractivity contribution is 7.13. The van der Waals surface area contributed by atoms with E-state index in [9.17, 15) is 4.79 Å². The molecule has 0 radical (unpaired) electrons. The number of fused-ring (bicyclic) bond motifs is 3. The summed E-state index contributed by atoms with van der Waals surface area (Å²) in [7, 11) is 1.66. The van der Waals surface area contributed by atoms with Crippen LogP contribution >= 0.6 is 11.3 Å². The van der Waals surface area contributed by atoms with Crippen LogP contribution in [0, 0.1) is 11.8 Å². The molecule has 0 aliphatic carbocycles. The van der Waals surface area contributed by atoms with Crippen molar-refractivity contribution in [2.45, 2.75) is 32.0 Å². The third-order valence-electron chi connectivity index (χ3n) is 5.34. The number of hydrogen-bond acceptors (Lipinski definition) is 6. The van der Waals surface area contributed by atoms with Crippen molar-refractivity contribution in [1.82, 2.24) is 20.0 Å². The second kappa shape index (κ2) is 7.19. The number of ether oxygens (including phenoxy) is 1. The molecule has 2 bridgehead atoms. The molecule has 3 aliphatic rings. The SMILES string of the molecule is COCc1cn(C[C@H]2C[C@H]3CC[NH+]2C[C@@H]3C(=O)Nc2nccs2)nn1. The zero-order valence-corrected chi connectivity index (χ0v) is 15.0. The lowest BCUT2D eigenvalue weighted by Gasteiger charge is -2.46. The van der Waals surface area contributed by atoms with Crippen LogP contribution in [0.3, 0.4) is 0 Å². The molecule has 0 aromatic carbocycles. The van der Waals surface area contributed by atoms with Crippen LogP contribution in [-0.2, 0) is 22.7 Å². The summed E-state index contributed by atoms with van der Waals surface area (Å²) in [5.74, 6) is 0.659. The monoisotopic (exact) mass is 363 g/mol. The summed E-state index contributed by atoms with van der Waals surface area (Å²) >= 11 is 1.47. The van der Waals surface area contributed by atoms with Crippen LogP contribution in [0.1, 0.15) is 18.5 Å². The molecule has 1 unspecified atom stereocenters. The maximum Gasteiger partial charge on any atom is 0.235 e. The first-order valence-corrected chi connectivity index (χ1v) is 9.53. The van der Waals surface area contributed by atoms with Crippen LogP contribution in [0.4, 0.5) is 5.13 Å². The predicted octanol–water partition coefficient (Wildman–Crippen LogP) is -0.187. The molecule has 1 amide bonds. The van der Waals surface area contributed by atoms with Gasteiger partial charge in [-0.1, -0.05) is 5.21 Å². The second-order valence-corrected chi connectivity index (χ2v) is 7.79. The Labute approximate surface area is 150 Å². The first-order valence-electron chi connectivity index (χ1n) is 8.66. The number of carbonyl (C=O) groups excluding carboxylic acids is 1. The number of methoxy groups -OCH3 is 1. The van der Waals surface area contributed by atoms with Gasteiger partial charge >= 0.3 is 0 Å². The van der Waals surface area contributed by atoms with Crippen molar-refractivity contribution < 1.29 is 14.4 Å². The van der Waals surface area contributed by atoms with Crippen molar-refractivity contribution in [3.8, 4) is 0 Å². The minimum atomic E-state index is 0.0868. The summed E-state index contributed by atoms with van der Waals surface area (Å²) in [4.78, 5) is 18.3. The fourth-order valence-electron chi connectivity index (χ4n) is 4.17. The number of piperidine rings is 3. The zero-order chi connectivity index (χ0) is 17.2. The summed E-state index contributed by atoms with van der Waals surface area (Å²) in [6.45, 7) is 3.37. The standard InChI is InChI=1S/C16H22N6O2S/c1-24-10-12-7-22(20-19-12)8-13-6-11-2-4-21(13)9-14(11)15(23)18-16-17-3-5-25-16/h3,5,7,11,13-14H,2,4,6,8-10H2,1H3,(H,17,18,23)/p+1/t11-,13-,14+/m1/s1. The van der Waals surface area contributed by atoms with Gasteiger partial charge in [-0.3, -0.25) is 4.79 Å². The number of aromatic nitrogens is 4. The maximum atomic E-state index is 12.6. The van der Waals surface area contributed by atoms with E-state index in [1.54, 1.807) is 13.3 Å². The molecule has 3 fully saturated rings. The van der Waals surface area contributed by atoms with Crippen LogP contribution in [0.15, 0.2) is 17.8 Å². The number of anilines is 1. The Kier molecular flexibility index (Phi) is 4.78. The van der Waals surface area contributed by atoms with E-state index in [2.05, 4.69) is 20.6 Å². The normalized spacial score (nSPS) is 28.2. The van der Waals surface area contributed by atoms with Crippen molar-refractivity contribution in [2.24, 2.45) is 11.8 Å². The quantitative estimate of drug-likeness (QED) is 0.743. The first kappa shape index (κ1) is 16.6. The highest BCUT2D eigenvalue weighted by Crippen LogP contribution is 2.28. The maximum absolute atomic E-state index is 12.6. The molecule has 5 rings (SSSR count). The third-order valence-corrected chi connectivity index (χ3v) is 6.03. The lowest BCUT2D eigenvalue weighted by molar-refractivity contribution is -0.945. The molecule has 134 valence electrons. The Hall–Kier alpha value is -1.84. The van der Waals surface area contributed by atoms with Crippen LogP contribution in [0.5, 0.6) is 0 Å². The number of amides is 1. The van der Waals surface area contributed by atoms with Gasteiger partial charge in [0.25, 0.3) is 0 Å². The average Bonchev–Trinajstić information content (AvgIpc) is 3.28. The molecule has 3 aliphatic heterocycles. The van der Waals surface area contributed by atoms with Crippen LogP contribution in [-0.4, -0.2) is 52.1 Å². The van der Waals surface area contributed by atoms with Crippen molar-refractivity contribution in [3.05, 3.63) is 23.5 Å². The summed E-state index contributed by atoms with van der Waals surface area (Å²) in [5, 5.41) is 13.9. The summed E-state index contributed by atoms with van der Waals surface area (Å²) in [5.41, 5.74) is 0.856. The van der Waals surface area contributed by atoms with Crippen molar-refractivity contribution in [3.63, 3.8) is 0 Å². The molecule has 0 spiro atoms. The topological polar surface area (TPSA) is 86.4 Å². The van der Waals surface area contributed by atoms with E-state index in [4.69, 9.17) is 4.74 Å². The van der Waals surface area contributed by atoms with E-state index >= 15 is 0 Å². The summed E-state index contributed by atoms with van der Waals surface area (Å²) in [6.07, 6.45) is 5.85. The molecular formula is C16H23N6O2S+. The van der Waals surface area contributed by atoms with Gasteiger partial charge < -0.3 is 15.0 Å². The van der Waals surface area contributed by atoms with Gasteiger partial charge in [-0.15, -0.1) is 16.4 Å². The predicted molar refractivity (Wildman–Crippen MR) is 92.2 cm³/mol. The summed E-state index contributed by atoms with van der Waals surface area (Å²) < 4.78 is 7.01. The number of quaternary nitrogens is 1. The number of thiazole rings is 1. The number of nitrogens with one attached hydrogen (secondary N) is 2. The van der Waals surface area contributed by atoms with Crippen LogP contribution < -0.4 is 10.2 Å². The highest BCUT2D eigenvalue weighted by atomic mass is 32.1. The molecule has 2 N–H and O–H groups in total. The summed E-state index contributed by atoms with van der Waals surface area (Å²) in [6, 6.07) is 0.500. The lowest BCUT2D eigenvalue weighted by Crippen LogP contribution is -3.20. The van der Waals surface area contributed by atoms with E-state index in [0.717, 1.165) is 38.2 Å². The van der Waals surface area contributed by atoms with E-state index < -0.39 is 0 Å². The molecule has 9 heteroatoms. The molecule has 8 nitrogen and oxygen atoms in total. The van der Waals surface area contributed by atoms with Gasteiger partial charge in [0.15, 0.2) is 5.13 Å². The Morgan fingerprint density at radius 2 is 2.48 bits per heavy atom. The number of carbonyl (C=O) groups is 1. The largest absolute Gasteiger partial charge is 0.378 e. The van der Waals surface area contributed by atoms with Gasteiger partial charge in [-0.2, -0.15) is 0 Å². The van der Waals surface area contributed by atoms with Gasteiger partial charge in [-0.05, 0) is 5.92 Å². The first-order chi connectivity index (χ1) is 12.2. The minimum absolute atomic E-state index is 0.0868. The zero-order valence-electron chi connectivity index (χ0n) is 14.2. The van der Waals surface area contributed by atoms with Crippen LogP contribution in [0.25, 0.3) is 0 Å². The smallest absolute Gasteiger partial charge is 0.235 e. The molecule has 2 aromatic heterocycles. The van der Waals surface area contributed by atoms with E-state index in [1.807, 2.05) is 16.3 Å². The number of hydrogen-bond donors (Lipinski definition) is 2. The minimum Gasteiger partial charge on any atom is -0.378 e. The lowest BCUT2D eigenvalue weighted by atomic mass is 9.75. The highest BCUT2D eigenvalue weighted by Gasteiger charge is 2.46. The Bertz CT molecular complexity index is 718. The van der Waals surface area contributed by atoms with Crippen molar-refractivity contribution >= 4 is 22.4 Å². The van der Waals surface area contributed by atoms with Crippen molar-refractivity contribution in [2.75, 3.05) is 25.5 Å². The molecular weight excluding hydrogens is 340 g/mol. The van der Waals surface area contributed by atoms with Crippen LogP contribution in [0.2, 0.25) is 0 Å². The molecule has 4 atom stereocenters. The molecule has 5 heterocycles. The fourth-order valence-corrected chi connectivity index (χ4v) is 4.70.